The van der Waals surface area contributed by atoms with E-state index < -0.39 is 0 Å². The summed E-state index contributed by atoms with van der Waals surface area (Å²) in [5.41, 5.74) is 3.29. The van der Waals surface area contributed by atoms with Crippen molar-refractivity contribution in [3.05, 3.63) is 17.9 Å². The normalized spacial score (nSPS) is 10.0. The van der Waals surface area contributed by atoms with Crippen molar-refractivity contribution in [1.82, 2.24) is 0 Å². The van der Waals surface area contributed by atoms with Crippen LogP contribution in [0.15, 0.2) is 17.9 Å². The van der Waals surface area contributed by atoms with E-state index >= 15 is 0 Å². The van der Waals surface area contributed by atoms with Crippen LogP contribution in [0.2, 0.25) is 0 Å². The number of carbonyl (C=O) groups excluding carboxylic acids is 1. The molecule has 0 amide bonds. The quantitative estimate of drug-likeness (QED) is 0.224. The maximum atomic E-state index is 10.9. The van der Waals surface area contributed by atoms with Crippen LogP contribution in [0.25, 0.3) is 0 Å². The molecule has 0 radical (unpaired) electrons. The van der Waals surface area contributed by atoms with Crippen LogP contribution in [0.4, 0.5) is 0 Å². The number of esters is 1. The van der Waals surface area contributed by atoms with E-state index in [4.69, 9.17) is 0 Å². The van der Waals surface area contributed by atoms with Gasteiger partial charge < -0.3 is 4.74 Å². The zero-order valence-electron chi connectivity index (χ0n) is 14.2. The predicted octanol–water partition coefficient (Wildman–Crippen LogP) is 5.96. The van der Waals surface area contributed by atoms with Gasteiger partial charge in [-0.05, 0) is 44.3 Å². The van der Waals surface area contributed by atoms with Crippen molar-refractivity contribution in [3.8, 4) is 0 Å². The maximum Gasteiger partial charge on any atom is 0.305 e. The van der Waals surface area contributed by atoms with E-state index in [1.54, 1.807) is 0 Å². The molecule has 0 bridgehead atoms. The largest absolute Gasteiger partial charge is 0.469 e. The summed E-state index contributed by atoms with van der Waals surface area (Å²) < 4.78 is 4.62. The van der Waals surface area contributed by atoms with Gasteiger partial charge in [0.1, 0.15) is 0 Å². The molecule has 0 spiro atoms. The number of ether oxygens (including phenoxy) is 1. The molecule has 0 aliphatic rings. The minimum Gasteiger partial charge on any atom is -0.469 e. The average molecular weight is 294 g/mol. The van der Waals surface area contributed by atoms with Gasteiger partial charge in [0, 0.05) is 6.42 Å². The molecule has 21 heavy (non-hydrogen) atoms. The summed E-state index contributed by atoms with van der Waals surface area (Å²) in [6.07, 6.45) is 19.7. The molecule has 0 aromatic carbocycles. The van der Waals surface area contributed by atoms with E-state index in [1.807, 2.05) is 0 Å². The minimum atomic E-state index is -0.0818. The lowest BCUT2D eigenvalue weighted by atomic mass is 10.1. The SMILES string of the molecule is CCCCCCC=C=CCCCCCCCCC(=O)OC. The second kappa shape index (κ2) is 17.0. The summed E-state index contributed by atoms with van der Waals surface area (Å²) in [5, 5.41) is 0. The van der Waals surface area contributed by atoms with Crippen molar-refractivity contribution in [2.24, 2.45) is 0 Å². The van der Waals surface area contributed by atoms with Crippen LogP contribution in [-0.2, 0) is 9.53 Å². The van der Waals surface area contributed by atoms with E-state index in [0.29, 0.717) is 6.42 Å². The Labute approximate surface area is 131 Å². The number of hydrogen-bond donors (Lipinski definition) is 0. The van der Waals surface area contributed by atoms with E-state index in [1.165, 1.54) is 64.9 Å². The van der Waals surface area contributed by atoms with Crippen LogP contribution < -0.4 is 0 Å². The van der Waals surface area contributed by atoms with Crippen LogP contribution >= 0.6 is 0 Å². The lowest BCUT2D eigenvalue weighted by Crippen LogP contribution is -1.99. The third kappa shape index (κ3) is 16.9. The molecule has 0 unspecified atom stereocenters. The molecule has 0 rings (SSSR count). The molecule has 2 nitrogen and oxygen atoms in total. The highest BCUT2D eigenvalue weighted by atomic mass is 16.5. The van der Waals surface area contributed by atoms with Gasteiger partial charge in [0.05, 0.1) is 7.11 Å². The summed E-state index contributed by atoms with van der Waals surface area (Å²) in [5.74, 6) is -0.0818. The summed E-state index contributed by atoms with van der Waals surface area (Å²) >= 11 is 0. The van der Waals surface area contributed by atoms with Crippen LogP contribution in [-0.4, -0.2) is 13.1 Å². The Morgan fingerprint density at radius 2 is 1.38 bits per heavy atom. The Balaban J connectivity index is 3.20. The molecule has 0 saturated heterocycles. The van der Waals surface area contributed by atoms with Gasteiger partial charge in [0.25, 0.3) is 0 Å². The molecule has 0 heterocycles. The first kappa shape index (κ1) is 20.0. The topological polar surface area (TPSA) is 26.3 Å². The minimum absolute atomic E-state index is 0.0818. The van der Waals surface area contributed by atoms with Gasteiger partial charge in [0.2, 0.25) is 0 Å². The third-order valence-electron chi connectivity index (χ3n) is 3.64. The van der Waals surface area contributed by atoms with Gasteiger partial charge in [-0.1, -0.05) is 51.9 Å². The van der Waals surface area contributed by atoms with Crippen LogP contribution in [0.3, 0.4) is 0 Å². The number of unbranched alkanes of at least 4 members (excludes halogenated alkanes) is 10. The number of allylic oxidation sites excluding steroid dienone is 1. The molecule has 0 aromatic heterocycles. The fourth-order valence-electron chi connectivity index (χ4n) is 2.25. The van der Waals surface area contributed by atoms with Crippen molar-refractivity contribution in [1.29, 1.82) is 0 Å². The first-order chi connectivity index (χ1) is 10.3. The Morgan fingerprint density at radius 3 is 1.95 bits per heavy atom. The summed E-state index contributed by atoms with van der Waals surface area (Å²) in [7, 11) is 1.45. The monoisotopic (exact) mass is 294 g/mol. The first-order valence-corrected chi connectivity index (χ1v) is 8.77. The number of rotatable bonds is 14. The fourth-order valence-corrected chi connectivity index (χ4v) is 2.25. The van der Waals surface area contributed by atoms with E-state index in [9.17, 15) is 4.79 Å². The molecule has 0 atom stereocenters. The molecule has 0 fully saturated rings. The number of hydrogen-bond acceptors (Lipinski definition) is 2. The standard InChI is InChI=1S/C19H34O2/c1-3-4-5-6-7-8-9-10-11-12-13-14-15-16-17-18-19(20)21-2/h8,10H,3-7,11-18H2,1-2H3. The second-order valence-corrected chi connectivity index (χ2v) is 5.66. The molecular weight excluding hydrogens is 260 g/mol. The molecule has 0 N–H and O–H groups in total. The predicted molar refractivity (Wildman–Crippen MR) is 90.4 cm³/mol. The molecular formula is C19H34O2. The molecule has 0 saturated carbocycles. The number of methoxy groups -OCH3 is 1. The third-order valence-corrected chi connectivity index (χ3v) is 3.64. The molecule has 122 valence electrons. The summed E-state index contributed by atoms with van der Waals surface area (Å²) in [4.78, 5) is 10.9. The van der Waals surface area contributed by atoms with E-state index in [-0.39, 0.29) is 5.97 Å². The van der Waals surface area contributed by atoms with Gasteiger partial charge in [-0.25, -0.2) is 0 Å². The van der Waals surface area contributed by atoms with Gasteiger partial charge in [-0.15, -0.1) is 5.73 Å². The lowest BCUT2D eigenvalue weighted by Gasteiger charge is -2.00. The highest BCUT2D eigenvalue weighted by molar-refractivity contribution is 5.68. The van der Waals surface area contributed by atoms with E-state index in [0.717, 1.165) is 19.3 Å². The molecule has 0 aliphatic carbocycles. The maximum absolute atomic E-state index is 10.9. The fraction of sp³-hybridized carbons (Fsp3) is 0.789. The average Bonchev–Trinajstić information content (AvgIpc) is 2.50. The van der Waals surface area contributed by atoms with Gasteiger partial charge >= 0.3 is 5.97 Å². The molecule has 0 aromatic rings. The summed E-state index contributed by atoms with van der Waals surface area (Å²) in [6.45, 7) is 2.24. The smallest absolute Gasteiger partial charge is 0.305 e. The van der Waals surface area contributed by atoms with Crippen molar-refractivity contribution < 1.29 is 9.53 Å². The van der Waals surface area contributed by atoms with Gasteiger partial charge in [-0.2, -0.15) is 0 Å². The van der Waals surface area contributed by atoms with Crippen LogP contribution in [0.1, 0.15) is 90.4 Å². The van der Waals surface area contributed by atoms with Gasteiger partial charge in [0.15, 0.2) is 0 Å². The van der Waals surface area contributed by atoms with E-state index in [2.05, 4.69) is 29.5 Å². The highest BCUT2D eigenvalue weighted by Gasteiger charge is 1.98. The Kier molecular flexibility index (Phi) is 16.2. The van der Waals surface area contributed by atoms with Gasteiger partial charge in [-0.3, -0.25) is 4.79 Å². The van der Waals surface area contributed by atoms with Crippen molar-refractivity contribution in [3.63, 3.8) is 0 Å². The van der Waals surface area contributed by atoms with Crippen LogP contribution in [0, 0.1) is 0 Å². The van der Waals surface area contributed by atoms with Crippen LogP contribution in [0.5, 0.6) is 0 Å². The Bertz CT molecular complexity index is 288. The highest BCUT2D eigenvalue weighted by Crippen LogP contribution is 2.09. The molecule has 2 heteroatoms. The lowest BCUT2D eigenvalue weighted by molar-refractivity contribution is -0.140. The zero-order chi connectivity index (χ0) is 15.6. The molecule has 0 aliphatic heterocycles. The van der Waals surface area contributed by atoms with Crippen molar-refractivity contribution in [2.45, 2.75) is 90.4 Å². The summed E-state index contributed by atoms with van der Waals surface area (Å²) in [6, 6.07) is 0. The van der Waals surface area contributed by atoms with Crippen molar-refractivity contribution >= 4 is 5.97 Å². The van der Waals surface area contributed by atoms with Crippen molar-refractivity contribution in [2.75, 3.05) is 7.11 Å². The Morgan fingerprint density at radius 1 is 0.857 bits per heavy atom. The second-order valence-electron chi connectivity index (χ2n) is 5.66. The zero-order valence-corrected chi connectivity index (χ0v) is 14.2. The number of carbonyl (C=O) groups is 1. The Hall–Kier alpha value is -1.01. The first-order valence-electron chi connectivity index (χ1n) is 8.77.